The van der Waals surface area contributed by atoms with Crippen LogP contribution in [-0.4, -0.2) is 30.1 Å². The molecule has 0 unspecified atom stereocenters. The van der Waals surface area contributed by atoms with Gasteiger partial charge in [-0.15, -0.1) is 22.7 Å². The molecule has 3 aromatic heterocycles. The Hall–Kier alpha value is -3.43. The van der Waals surface area contributed by atoms with Crippen molar-refractivity contribution in [1.82, 2.24) is 4.98 Å². The first-order valence-corrected chi connectivity index (χ1v) is 11.9. The second-order valence-electron chi connectivity index (χ2n) is 7.64. The third-order valence-corrected chi connectivity index (χ3v) is 6.91. The number of carbonyl (C=O) groups is 2. The van der Waals surface area contributed by atoms with Crippen molar-refractivity contribution in [3.8, 4) is 16.9 Å². The summed E-state index contributed by atoms with van der Waals surface area (Å²) in [6.07, 6.45) is -0.308. The van der Waals surface area contributed by atoms with Crippen LogP contribution >= 0.6 is 22.7 Å². The largest absolute Gasteiger partial charge is 0.497 e. The Labute approximate surface area is 199 Å². The lowest BCUT2D eigenvalue weighted by Gasteiger charge is -2.12. The van der Waals surface area contributed by atoms with Gasteiger partial charge >= 0.3 is 5.97 Å². The summed E-state index contributed by atoms with van der Waals surface area (Å²) in [6.45, 7) is 5.44. The highest BCUT2D eigenvalue weighted by molar-refractivity contribution is 7.21. The molecule has 0 bridgehead atoms. The topological polar surface area (TPSA) is 104 Å². The number of fused-ring (bicyclic) bond motifs is 1. The summed E-state index contributed by atoms with van der Waals surface area (Å²) in [6, 6.07) is 11.1. The molecule has 3 N–H and O–H groups in total. The van der Waals surface area contributed by atoms with E-state index in [0.717, 1.165) is 16.6 Å². The highest BCUT2D eigenvalue weighted by atomic mass is 32.1. The van der Waals surface area contributed by atoms with E-state index in [1.807, 2.05) is 48.7 Å². The number of methoxy groups -OCH3 is 1. The van der Waals surface area contributed by atoms with Gasteiger partial charge in [-0.25, -0.2) is 9.78 Å². The molecule has 0 spiro atoms. The number of nitrogens with zero attached hydrogens (tertiary/aromatic N) is 1. The van der Waals surface area contributed by atoms with Crippen molar-refractivity contribution < 1.29 is 19.1 Å². The second kappa shape index (κ2) is 9.21. The molecule has 0 saturated carbocycles. The number of thiophene rings is 2. The van der Waals surface area contributed by atoms with Crippen molar-refractivity contribution in [2.45, 2.75) is 26.9 Å². The predicted molar refractivity (Wildman–Crippen MR) is 134 cm³/mol. The van der Waals surface area contributed by atoms with Crippen molar-refractivity contribution in [3.63, 3.8) is 0 Å². The number of aryl methyl sites for hydroxylation is 1. The van der Waals surface area contributed by atoms with Gasteiger partial charge < -0.3 is 20.5 Å². The van der Waals surface area contributed by atoms with Gasteiger partial charge in [0.1, 0.15) is 26.0 Å². The van der Waals surface area contributed by atoms with Gasteiger partial charge in [-0.05, 0) is 50.6 Å². The van der Waals surface area contributed by atoms with Crippen LogP contribution in [0.4, 0.5) is 10.7 Å². The maximum absolute atomic E-state index is 13.1. The van der Waals surface area contributed by atoms with Crippen LogP contribution in [0.3, 0.4) is 0 Å². The number of carbonyl (C=O) groups excluding carboxylic acids is 2. The number of benzene rings is 1. The molecule has 33 heavy (non-hydrogen) atoms. The van der Waals surface area contributed by atoms with E-state index in [4.69, 9.17) is 15.2 Å². The van der Waals surface area contributed by atoms with Crippen LogP contribution in [-0.2, 0) is 4.74 Å². The van der Waals surface area contributed by atoms with Gasteiger partial charge in [0, 0.05) is 22.0 Å². The lowest BCUT2D eigenvalue weighted by atomic mass is 10.0. The fraction of sp³-hybridized carbons (Fsp3) is 0.208. The van der Waals surface area contributed by atoms with E-state index in [9.17, 15) is 9.59 Å². The van der Waals surface area contributed by atoms with Crippen molar-refractivity contribution in [2.75, 3.05) is 18.2 Å². The van der Waals surface area contributed by atoms with Crippen LogP contribution in [0.5, 0.6) is 5.75 Å². The molecule has 1 aromatic carbocycles. The van der Waals surface area contributed by atoms with Gasteiger partial charge in [0.05, 0.1) is 18.9 Å². The monoisotopic (exact) mass is 481 g/mol. The van der Waals surface area contributed by atoms with Gasteiger partial charge in [-0.3, -0.25) is 4.79 Å². The number of esters is 1. The first-order valence-electron chi connectivity index (χ1n) is 10.2. The molecule has 0 aliphatic rings. The first-order chi connectivity index (χ1) is 15.8. The Morgan fingerprint density at radius 3 is 2.52 bits per heavy atom. The predicted octanol–water partition coefficient (Wildman–Crippen LogP) is 5.74. The SMILES string of the molecule is COc1ccc(-c2csc(NC(=O)c3sc4nc(C)ccc4c3N)c2C(=O)OC(C)C)cc1. The third-order valence-electron chi connectivity index (χ3n) is 4.91. The zero-order valence-corrected chi connectivity index (χ0v) is 20.2. The number of nitrogens with two attached hydrogens (primary N) is 1. The average molecular weight is 482 g/mol. The maximum atomic E-state index is 13.1. The molecule has 3 heterocycles. The molecule has 170 valence electrons. The summed E-state index contributed by atoms with van der Waals surface area (Å²) in [4.78, 5) is 31.6. The zero-order valence-electron chi connectivity index (χ0n) is 18.6. The van der Waals surface area contributed by atoms with Crippen LogP contribution in [0.1, 0.15) is 39.6 Å². The van der Waals surface area contributed by atoms with E-state index in [0.29, 0.717) is 37.3 Å². The van der Waals surface area contributed by atoms with Gasteiger partial charge in [0.15, 0.2) is 0 Å². The Morgan fingerprint density at radius 1 is 1.12 bits per heavy atom. The number of hydrogen-bond donors (Lipinski definition) is 2. The Morgan fingerprint density at radius 2 is 1.85 bits per heavy atom. The lowest BCUT2D eigenvalue weighted by molar-refractivity contribution is 0.0380. The molecule has 0 fully saturated rings. The summed E-state index contributed by atoms with van der Waals surface area (Å²) in [5.41, 5.74) is 9.25. The van der Waals surface area contributed by atoms with Crippen LogP contribution in [0.25, 0.3) is 21.3 Å². The van der Waals surface area contributed by atoms with E-state index < -0.39 is 11.9 Å². The highest BCUT2D eigenvalue weighted by Crippen LogP contribution is 2.39. The molecule has 0 aliphatic carbocycles. The summed E-state index contributed by atoms with van der Waals surface area (Å²) in [5.74, 6) is -0.193. The summed E-state index contributed by atoms with van der Waals surface area (Å²) >= 11 is 2.48. The van der Waals surface area contributed by atoms with Crippen LogP contribution in [0.2, 0.25) is 0 Å². The molecular formula is C24H23N3O4S2. The lowest BCUT2D eigenvalue weighted by Crippen LogP contribution is -2.16. The van der Waals surface area contributed by atoms with Crippen molar-refractivity contribution >= 4 is 55.5 Å². The molecule has 1 amide bonds. The highest BCUT2D eigenvalue weighted by Gasteiger charge is 2.25. The fourth-order valence-corrected chi connectivity index (χ4v) is 5.31. The summed E-state index contributed by atoms with van der Waals surface area (Å²) in [5, 5.41) is 5.83. The van der Waals surface area contributed by atoms with Gasteiger partial charge in [-0.1, -0.05) is 12.1 Å². The number of pyridine rings is 1. The number of hydrogen-bond acceptors (Lipinski definition) is 8. The van der Waals surface area contributed by atoms with E-state index >= 15 is 0 Å². The van der Waals surface area contributed by atoms with Crippen molar-refractivity contribution in [2.24, 2.45) is 0 Å². The molecule has 0 saturated heterocycles. The maximum Gasteiger partial charge on any atom is 0.342 e. The number of amides is 1. The van der Waals surface area contributed by atoms with E-state index in [2.05, 4.69) is 10.3 Å². The fourth-order valence-electron chi connectivity index (χ4n) is 3.33. The molecule has 0 radical (unpaired) electrons. The van der Waals surface area contributed by atoms with Gasteiger partial charge in [0.2, 0.25) is 0 Å². The minimum atomic E-state index is -0.506. The van der Waals surface area contributed by atoms with Gasteiger partial charge in [0.25, 0.3) is 5.91 Å². The number of anilines is 2. The molecule has 0 aliphatic heterocycles. The van der Waals surface area contributed by atoms with Crippen LogP contribution in [0.15, 0.2) is 41.8 Å². The second-order valence-corrected chi connectivity index (χ2v) is 9.52. The van der Waals surface area contributed by atoms with E-state index in [-0.39, 0.29) is 6.10 Å². The van der Waals surface area contributed by atoms with Crippen LogP contribution < -0.4 is 15.8 Å². The Bertz CT molecular complexity index is 1340. The minimum Gasteiger partial charge on any atom is -0.497 e. The zero-order chi connectivity index (χ0) is 23.7. The number of ether oxygens (including phenoxy) is 2. The quantitative estimate of drug-likeness (QED) is 0.340. The van der Waals surface area contributed by atoms with Gasteiger partial charge in [-0.2, -0.15) is 0 Å². The number of nitrogens with one attached hydrogen (secondary N) is 1. The van der Waals surface area contributed by atoms with Crippen LogP contribution in [0, 0.1) is 6.92 Å². The summed E-state index contributed by atoms with van der Waals surface area (Å²) in [7, 11) is 1.59. The standard InChI is InChI=1S/C24H23N3O4S2/c1-12(2)31-24(29)18-17(14-6-8-15(30-4)9-7-14)11-32-23(18)27-21(28)20-19(25)16-10-5-13(3)26-22(16)33-20/h5-12H,25H2,1-4H3,(H,27,28). The van der Waals surface area contributed by atoms with E-state index in [1.165, 1.54) is 22.7 Å². The molecule has 9 heteroatoms. The Balaban J connectivity index is 1.72. The normalized spacial score (nSPS) is 11.1. The number of nitrogen functional groups attached to an aromatic ring is 1. The number of aromatic nitrogens is 1. The van der Waals surface area contributed by atoms with Crippen molar-refractivity contribution in [1.29, 1.82) is 0 Å². The smallest absolute Gasteiger partial charge is 0.342 e. The first kappa shape index (κ1) is 22.8. The average Bonchev–Trinajstić information content (AvgIpc) is 3.34. The number of rotatable bonds is 6. The molecule has 0 atom stereocenters. The Kier molecular flexibility index (Phi) is 6.35. The van der Waals surface area contributed by atoms with E-state index in [1.54, 1.807) is 21.0 Å². The minimum absolute atomic E-state index is 0.306. The molecular weight excluding hydrogens is 458 g/mol. The molecule has 4 aromatic rings. The molecule has 4 rings (SSSR count). The van der Waals surface area contributed by atoms with Crippen molar-refractivity contribution in [3.05, 3.63) is 57.9 Å². The third kappa shape index (κ3) is 4.55. The molecule has 7 nitrogen and oxygen atoms in total. The summed E-state index contributed by atoms with van der Waals surface area (Å²) < 4.78 is 10.7.